The Morgan fingerprint density at radius 3 is 2.67 bits per heavy atom. The number of benzene rings is 1. The highest BCUT2D eigenvalue weighted by Gasteiger charge is 2.16. The van der Waals surface area contributed by atoms with Gasteiger partial charge in [-0.15, -0.1) is 0 Å². The first-order valence-electron chi connectivity index (χ1n) is 5.89. The lowest BCUT2D eigenvalue weighted by Crippen LogP contribution is -2.39. The maximum Gasteiger partial charge on any atom is 0.0663 e. The molecule has 0 heterocycles. The van der Waals surface area contributed by atoms with E-state index >= 15 is 0 Å². The van der Waals surface area contributed by atoms with Crippen molar-refractivity contribution >= 4 is 27.3 Å². The third kappa shape index (κ3) is 4.15. The largest absolute Gasteiger partial charge is 0.397 e. The summed E-state index contributed by atoms with van der Waals surface area (Å²) in [6.07, 6.45) is 0. The predicted octanol–water partition coefficient (Wildman–Crippen LogP) is 2.52. The molecule has 2 N–H and O–H groups in total. The molecule has 0 saturated heterocycles. The summed E-state index contributed by atoms with van der Waals surface area (Å²) >= 11 is 3.48. The van der Waals surface area contributed by atoms with E-state index < -0.39 is 0 Å². The van der Waals surface area contributed by atoms with Gasteiger partial charge in [0, 0.05) is 31.3 Å². The van der Waals surface area contributed by atoms with Crippen LogP contribution in [0.2, 0.25) is 0 Å². The van der Waals surface area contributed by atoms with E-state index in [4.69, 9.17) is 15.2 Å². The number of rotatable bonds is 7. The molecule has 1 aromatic carbocycles. The Morgan fingerprint density at radius 2 is 2.06 bits per heavy atom. The van der Waals surface area contributed by atoms with Crippen molar-refractivity contribution in [3.05, 3.63) is 22.7 Å². The minimum Gasteiger partial charge on any atom is -0.397 e. The molecule has 4 nitrogen and oxygen atoms in total. The maximum absolute atomic E-state index is 6.05. The minimum absolute atomic E-state index is 0.238. The Kier molecular flexibility index (Phi) is 6.46. The number of ether oxygens (including phenoxy) is 2. The van der Waals surface area contributed by atoms with E-state index in [1.54, 1.807) is 14.2 Å². The zero-order valence-corrected chi connectivity index (χ0v) is 12.7. The second kappa shape index (κ2) is 7.61. The monoisotopic (exact) mass is 316 g/mol. The Balaban J connectivity index is 2.96. The van der Waals surface area contributed by atoms with Gasteiger partial charge in [-0.3, -0.25) is 0 Å². The third-order valence-corrected chi connectivity index (χ3v) is 3.27. The number of methoxy groups -OCH3 is 2. The lowest BCUT2D eigenvalue weighted by Gasteiger charge is -2.31. The summed E-state index contributed by atoms with van der Waals surface area (Å²) in [6, 6.07) is 6.10. The van der Waals surface area contributed by atoms with Crippen molar-refractivity contribution in [3.8, 4) is 0 Å². The standard InChI is InChI=1S/C13H21BrN2O2/c1-10(9-18-3)16(6-7-17-2)13-8-11(14)4-5-12(13)15/h4-5,8,10H,6-7,9,15H2,1-3H3. The van der Waals surface area contributed by atoms with Crippen molar-refractivity contribution in [2.45, 2.75) is 13.0 Å². The van der Waals surface area contributed by atoms with Gasteiger partial charge in [0.25, 0.3) is 0 Å². The lowest BCUT2D eigenvalue weighted by molar-refractivity contribution is 0.171. The Labute approximate surface area is 117 Å². The molecule has 1 atom stereocenters. The van der Waals surface area contributed by atoms with Gasteiger partial charge in [0.1, 0.15) is 0 Å². The summed E-state index contributed by atoms with van der Waals surface area (Å²) in [4.78, 5) is 2.20. The summed E-state index contributed by atoms with van der Waals surface area (Å²) in [5, 5.41) is 0. The predicted molar refractivity (Wildman–Crippen MR) is 79.1 cm³/mol. The van der Waals surface area contributed by atoms with Crippen LogP contribution in [0.5, 0.6) is 0 Å². The van der Waals surface area contributed by atoms with Crippen LogP contribution in [0.3, 0.4) is 0 Å². The molecule has 0 amide bonds. The lowest BCUT2D eigenvalue weighted by atomic mass is 10.2. The molecule has 102 valence electrons. The molecular formula is C13H21BrN2O2. The first-order chi connectivity index (χ1) is 8.60. The van der Waals surface area contributed by atoms with Crippen LogP contribution in [0.15, 0.2) is 22.7 Å². The van der Waals surface area contributed by atoms with E-state index in [9.17, 15) is 0 Å². The summed E-state index contributed by atoms with van der Waals surface area (Å²) in [5.74, 6) is 0. The number of anilines is 2. The second-order valence-corrected chi connectivity index (χ2v) is 5.11. The van der Waals surface area contributed by atoms with Gasteiger partial charge in [-0.25, -0.2) is 0 Å². The van der Waals surface area contributed by atoms with Gasteiger partial charge in [0.05, 0.1) is 24.6 Å². The van der Waals surface area contributed by atoms with Crippen LogP contribution in [-0.4, -0.2) is 40.0 Å². The van der Waals surface area contributed by atoms with Crippen molar-refractivity contribution in [2.75, 3.05) is 44.6 Å². The van der Waals surface area contributed by atoms with E-state index in [0.717, 1.165) is 22.4 Å². The first-order valence-corrected chi connectivity index (χ1v) is 6.69. The molecule has 5 heteroatoms. The highest BCUT2D eigenvalue weighted by molar-refractivity contribution is 9.10. The van der Waals surface area contributed by atoms with Gasteiger partial charge < -0.3 is 20.1 Å². The van der Waals surface area contributed by atoms with Crippen LogP contribution in [0.1, 0.15) is 6.92 Å². The molecule has 0 radical (unpaired) electrons. The van der Waals surface area contributed by atoms with Crippen LogP contribution >= 0.6 is 15.9 Å². The van der Waals surface area contributed by atoms with Gasteiger partial charge in [-0.2, -0.15) is 0 Å². The molecular weight excluding hydrogens is 296 g/mol. The average molecular weight is 317 g/mol. The van der Waals surface area contributed by atoms with Crippen molar-refractivity contribution in [1.29, 1.82) is 0 Å². The first kappa shape index (κ1) is 15.3. The average Bonchev–Trinajstić information content (AvgIpc) is 2.34. The molecule has 0 aliphatic heterocycles. The van der Waals surface area contributed by atoms with Crippen molar-refractivity contribution in [3.63, 3.8) is 0 Å². The number of halogens is 1. The van der Waals surface area contributed by atoms with Crippen molar-refractivity contribution in [2.24, 2.45) is 0 Å². The fourth-order valence-electron chi connectivity index (χ4n) is 1.86. The molecule has 0 aliphatic rings. The third-order valence-electron chi connectivity index (χ3n) is 2.78. The highest BCUT2D eigenvalue weighted by Crippen LogP contribution is 2.28. The van der Waals surface area contributed by atoms with Gasteiger partial charge in [-0.05, 0) is 25.1 Å². The second-order valence-electron chi connectivity index (χ2n) is 4.19. The van der Waals surface area contributed by atoms with Crippen molar-refractivity contribution < 1.29 is 9.47 Å². The molecule has 0 aliphatic carbocycles. The van der Waals surface area contributed by atoms with Gasteiger partial charge in [0.2, 0.25) is 0 Å². The van der Waals surface area contributed by atoms with Crippen LogP contribution < -0.4 is 10.6 Å². The number of nitrogen functional groups attached to an aromatic ring is 1. The van der Waals surface area contributed by atoms with E-state index in [0.29, 0.717) is 13.2 Å². The smallest absolute Gasteiger partial charge is 0.0663 e. The molecule has 0 bridgehead atoms. The Hall–Kier alpha value is -0.780. The van der Waals surface area contributed by atoms with Crippen LogP contribution in [0.25, 0.3) is 0 Å². The van der Waals surface area contributed by atoms with Crippen molar-refractivity contribution in [1.82, 2.24) is 0 Å². The highest BCUT2D eigenvalue weighted by atomic mass is 79.9. The van der Waals surface area contributed by atoms with E-state index in [1.807, 2.05) is 18.2 Å². The normalized spacial score (nSPS) is 12.4. The van der Waals surface area contributed by atoms with Crippen LogP contribution in [0.4, 0.5) is 11.4 Å². The molecule has 1 unspecified atom stereocenters. The molecule has 0 saturated carbocycles. The summed E-state index contributed by atoms with van der Waals surface area (Å²) in [5.41, 5.74) is 7.82. The zero-order valence-electron chi connectivity index (χ0n) is 11.1. The molecule has 0 aromatic heterocycles. The van der Waals surface area contributed by atoms with Crippen LogP contribution in [0, 0.1) is 0 Å². The molecule has 18 heavy (non-hydrogen) atoms. The fourth-order valence-corrected chi connectivity index (χ4v) is 2.21. The van der Waals surface area contributed by atoms with E-state index in [-0.39, 0.29) is 6.04 Å². The topological polar surface area (TPSA) is 47.7 Å². The fraction of sp³-hybridized carbons (Fsp3) is 0.538. The quantitative estimate of drug-likeness (QED) is 0.785. The SMILES string of the molecule is COCCN(c1cc(Br)ccc1N)C(C)COC. The molecule has 1 rings (SSSR count). The number of hydrogen-bond acceptors (Lipinski definition) is 4. The summed E-state index contributed by atoms with van der Waals surface area (Å²) in [7, 11) is 3.40. The molecule has 0 spiro atoms. The van der Waals surface area contributed by atoms with E-state index in [2.05, 4.69) is 27.8 Å². The van der Waals surface area contributed by atoms with Crippen LogP contribution in [-0.2, 0) is 9.47 Å². The maximum atomic E-state index is 6.05. The Morgan fingerprint density at radius 1 is 1.33 bits per heavy atom. The van der Waals surface area contributed by atoms with Gasteiger partial charge >= 0.3 is 0 Å². The summed E-state index contributed by atoms with van der Waals surface area (Å²) in [6.45, 7) is 4.19. The summed E-state index contributed by atoms with van der Waals surface area (Å²) < 4.78 is 11.4. The molecule has 1 aromatic rings. The van der Waals surface area contributed by atoms with Gasteiger partial charge in [-0.1, -0.05) is 15.9 Å². The number of nitrogens with two attached hydrogens (primary N) is 1. The Bertz CT molecular complexity index is 374. The number of nitrogens with zero attached hydrogens (tertiary/aromatic N) is 1. The van der Waals surface area contributed by atoms with Gasteiger partial charge in [0.15, 0.2) is 0 Å². The number of hydrogen-bond donors (Lipinski definition) is 1. The minimum atomic E-state index is 0.238. The zero-order chi connectivity index (χ0) is 13.5. The molecule has 0 fully saturated rings. The van der Waals surface area contributed by atoms with E-state index in [1.165, 1.54) is 0 Å².